The molecular weight excluding hydrogens is 425 g/mol. The van der Waals surface area contributed by atoms with Crippen LogP contribution in [0.5, 0.6) is 0 Å². The van der Waals surface area contributed by atoms with E-state index < -0.39 is 11.7 Å². The van der Waals surface area contributed by atoms with Crippen molar-refractivity contribution in [2.75, 3.05) is 5.73 Å². The zero-order chi connectivity index (χ0) is 22.8. The van der Waals surface area contributed by atoms with E-state index in [1.54, 1.807) is 6.20 Å². The fourth-order valence-corrected chi connectivity index (χ4v) is 3.29. The molecule has 9 nitrogen and oxygen atoms in total. The number of nitrogens with two attached hydrogens (primary N) is 1. The van der Waals surface area contributed by atoms with Gasteiger partial charge in [-0.1, -0.05) is 12.1 Å². The first kappa shape index (κ1) is 20.2. The third-order valence-electron chi connectivity index (χ3n) is 4.87. The number of anilines is 1. The van der Waals surface area contributed by atoms with Gasteiger partial charge in [0, 0.05) is 17.1 Å². The second-order valence-corrected chi connectivity index (χ2v) is 7.05. The van der Waals surface area contributed by atoms with E-state index in [0.29, 0.717) is 22.6 Å². The lowest BCUT2D eigenvalue weighted by atomic mass is 10.1. The van der Waals surface area contributed by atoms with E-state index in [9.17, 15) is 9.18 Å². The standard InChI is InChI=1S/C23H16FN7O2/c24-15-4-5-16(28-11-15)12-29-22(32)20-21(25)31-19(23-27-8-9-33-23)18(30-20)14-3-6-17-13(10-14)2-1-7-26-17/h1-11H,12H2,(H2,25,31)(H,29,32). The van der Waals surface area contributed by atoms with Crippen LogP contribution in [0.15, 0.2) is 71.7 Å². The van der Waals surface area contributed by atoms with Gasteiger partial charge in [-0.3, -0.25) is 14.8 Å². The van der Waals surface area contributed by atoms with Crippen molar-refractivity contribution in [1.29, 1.82) is 0 Å². The minimum Gasteiger partial charge on any atom is -0.443 e. The number of amides is 1. The molecule has 0 atom stereocenters. The Morgan fingerprint density at radius 1 is 1.03 bits per heavy atom. The average Bonchev–Trinajstić information content (AvgIpc) is 3.38. The van der Waals surface area contributed by atoms with Crippen LogP contribution >= 0.6 is 0 Å². The number of nitrogen functional groups attached to an aromatic ring is 1. The van der Waals surface area contributed by atoms with Crippen LogP contribution in [0.25, 0.3) is 33.7 Å². The highest BCUT2D eigenvalue weighted by molar-refractivity contribution is 5.98. The van der Waals surface area contributed by atoms with Gasteiger partial charge in [0.2, 0.25) is 5.89 Å². The van der Waals surface area contributed by atoms with Crippen LogP contribution in [0.1, 0.15) is 16.2 Å². The molecule has 0 saturated carbocycles. The number of nitrogens with zero attached hydrogens (tertiary/aromatic N) is 5. The van der Waals surface area contributed by atoms with Crippen LogP contribution in [0.2, 0.25) is 0 Å². The third kappa shape index (κ3) is 4.09. The maximum Gasteiger partial charge on any atom is 0.274 e. The number of aromatic nitrogens is 5. The smallest absolute Gasteiger partial charge is 0.274 e. The van der Waals surface area contributed by atoms with Crippen molar-refractivity contribution in [1.82, 2.24) is 30.2 Å². The zero-order valence-electron chi connectivity index (χ0n) is 17.1. The minimum absolute atomic E-state index is 0.0614. The Bertz CT molecular complexity index is 1450. The van der Waals surface area contributed by atoms with Crippen LogP contribution < -0.4 is 11.1 Å². The summed E-state index contributed by atoms with van der Waals surface area (Å²) in [5, 5.41) is 3.57. The van der Waals surface area contributed by atoms with Gasteiger partial charge in [0.05, 0.1) is 30.1 Å². The topological polar surface area (TPSA) is 133 Å². The van der Waals surface area contributed by atoms with Gasteiger partial charge >= 0.3 is 0 Å². The van der Waals surface area contributed by atoms with Gasteiger partial charge in [0.1, 0.15) is 17.8 Å². The zero-order valence-corrected chi connectivity index (χ0v) is 17.1. The summed E-state index contributed by atoms with van der Waals surface area (Å²) in [6.07, 6.45) is 5.68. The predicted molar refractivity (Wildman–Crippen MR) is 118 cm³/mol. The number of carbonyl (C=O) groups excluding carboxylic acids is 1. The molecule has 1 aromatic carbocycles. The number of rotatable bonds is 5. The number of fused-ring (bicyclic) bond motifs is 1. The molecule has 3 N–H and O–H groups in total. The van der Waals surface area contributed by atoms with E-state index in [0.717, 1.165) is 17.1 Å². The monoisotopic (exact) mass is 441 g/mol. The van der Waals surface area contributed by atoms with Crippen LogP contribution in [0.3, 0.4) is 0 Å². The molecule has 33 heavy (non-hydrogen) atoms. The lowest BCUT2D eigenvalue weighted by Crippen LogP contribution is -2.26. The molecule has 0 aliphatic rings. The number of benzene rings is 1. The number of oxazole rings is 1. The fourth-order valence-electron chi connectivity index (χ4n) is 3.29. The Balaban J connectivity index is 1.55. The molecular formula is C23H16FN7O2. The van der Waals surface area contributed by atoms with Gasteiger partial charge < -0.3 is 15.5 Å². The number of hydrogen-bond acceptors (Lipinski definition) is 8. The first-order chi connectivity index (χ1) is 16.1. The minimum atomic E-state index is -0.547. The average molecular weight is 441 g/mol. The second kappa shape index (κ2) is 8.42. The van der Waals surface area contributed by atoms with Crippen molar-refractivity contribution < 1.29 is 13.6 Å². The van der Waals surface area contributed by atoms with Gasteiger partial charge in [-0.2, -0.15) is 0 Å². The molecule has 0 fully saturated rings. The fraction of sp³-hybridized carbons (Fsp3) is 0.0435. The molecule has 0 aliphatic carbocycles. The Labute approximate surface area is 186 Å². The first-order valence-corrected chi connectivity index (χ1v) is 9.89. The molecule has 1 amide bonds. The van der Waals surface area contributed by atoms with E-state index in [1.165, 1.54) is 24.6 Å². The Hall–Kier alpha value is -4.73. The highest BCUT2D eigenvalue weighted by Gasteiger charge is 2.22. The summed E-state index contributed by atoms with van der Waals surface area (Å²) in [5.74, 6) is -0.872. The maximum atomic E-state index is 13.1. The summed E-state index contributed by atoms with van der Waals surface area (Å²) in [4.78, 5) is 34.2. The van der Waals surface area contributed by atoms with Crippen molar-refractivity contribution in [3.8, 4) is 22.8 Å². The molecule has 5 aromatic rings. The molecule has 0 spiro atoms. The van der Waals surface area contributed by atoms with Crippen LogP contribution in [-0.4, -0.2) is 30.8 Å². The van der Waals surface area contributed by atoms with E-state index in [1.807, 2.05) is 30.3 Å². The largest absolute Gasteiger partial charge is 0.443 e. The molecule has 0 saturated heterocycles. The molecule has 4 aromatic heterocycles. The number of halogens is 1. The van der Waals surface area contributed by atoms with Crippen molar-refractivity contribution in [2.45, 2.75) is 6.54 Å². The van der Waals surface area contributed by atoms with Crippen molar-refractivity contribution in [3.63, 3.8) is 0 Å². The molecule has 5 rings (SSSR count). The van der Waals surface area contributed by atoms with Crippen molar-refractivity contribution in [2.24, 2.45) is 0 Å². The Morgan fingerprint density at radius 3 is 2.73 bits per heavy atom. The quantitative estimate of drug-likeness (QED) is 0.424. The summed E-state index contributed by atoms with van der Waals surface area (Å²) >= 11 is 0. The van der Waals surface area contributed by atoms with E-state index in [2.05, 4.69) is 30.2 Å². The summed E-state index contributed by atoms with van der Waals surface area (Å²) in [6.45, 7) is 0.0682. The molecule has 162 valence electrons. The summed E-state index contributed by atoms with van der Waals surface area (Å²) in [5.41, 5.74) is 8.67. The van der Waals surface area contributed by atoms with E-state index in [4.69, 9.17) is 10.2 Å². The highest BCUT2D eigenvalue weighted by atomic mass is 19.1. The van der Waals surface area contributed by atoms with Crippen LogP contribution in [0.4, 0.5) is 10.2 Å². The Kier molecular flexibility index (Phi) is 5.15. The van der Waals surface area contributed by atoms with Crippen LogP contribution in [0, 0.1) is 5.82 Å². The van der Waals surface area contributed by atoms with Gasteiger partial charge in [0.15, 0.2) is 17.2 Å². The summed E-state index contributed by atoms with van der Waals surface area (Å²) < 4.78 is 18.5. The normalized spacial score (nSPS) is 10.9. The van der Waals surface area contributed by atoms with Gasteiger partial charge in [-0.05, 0) is 30.3 Å². The van der Waals surface area contributed by atoms with E-state index in [-0.39, 0.29) is 23.9 Å². The lowest BCUT2D eigenvalue weighted by Gasteiger charge is -2.12. The molecule has 0 aliphatic heterocycles. The number of nitrogens with one attached hydrogen (secondary N) is 1. The maximum absolute atomic E-state index is 13.1. The molecule has 4 heterocycles. The molecule has 10 heteroatoms. The summed E-state index contributed by atoms with van der Waals surface area (Å²) in [6, 6.07) is 12.1. The number of hydrogen-bond donors (Lipinski definition) is 2. The van der Waals surface area contributed by atoms with Gasteiger partial charge in [-0.15, -0.1) is 0 Å². The van der Waals surface area contributed by atoms with Crippen molar-refractivity contribution >= 4 is 22.6 Å². The Morgan fingerprint density at radius 2 is 1.94 bits per heavy atom. The molecule has 0 radical (unpaired) electrons. The van der Waals surface area contributed by atoms with Gasteiger partial charge in [-0.25, -0.2) is 19.3 Å². The SMILES string of the molecule is Nc1nc(-c2ncco2)c(-c2ccc3ncccc3c2)nc1C(=O)NCc1ccc(F)cn1. The summed E-state index contributed by atoms with van der Waals surface area (Å²) in [7, 11) is 0. The number of pyridine rings is 2. The van der Waals surface area contributed by atoms with Gasteiger partial charge in [0.25, 0.3) is 5.91 Å². The molecule has 0 unspecified atom stereocenters. The predicted octanol–water partition coefficient (Wildman–Crippen LogP) is 3.39. The van der Waals surface area contributed by atoms with E-state index >= 15 is 0 Å². The highest BCUT2D eigenvalue weighted by Crippen LogP contribution is 2.31. The first-order valence-electron chi connectivity index (χ1n) is 9.89. The number of carbonyl (C=O) groups is 1. The third-order valence-corrected chi connectivity index (χ3v) is 4.87. The molecule has 0 bridgehead atoms. The van der Waals surface area contributed by atoms with Crippen molar-refractivity contribution in [3.05, 3.63) is 84.5 Å². The van der Waals surface area contributed by atoms with Crippen LogP contribution in [-0.2, 0) is 6.54 Å². The lowest BCUT2D eigenvalue weighted by molar-refractivity contribution is 0.0946. The second-order valence-electron chi connectivity index (χ2n) is 7.05.